The van der Waals surface area contributed by atoms with Crippen molar-refractivity contribution in [1.82, 2.24) is 15.1 Å². The predicted octanol–water partition coefficient (Wildman–Crippen LogP) is -1.62. The quantitative estimate of drug-likeness (QED) is 0.448. The molecule has 0 spiro atoms. The minimum atomic E-state index is -1.30. The Hall–Kier alpha value is -3.02. The molecule has 3 aliphatic rings. The SMILES string of the molecule is O=C1NC(=O)N([C@H]2C[C@H](O)[C@@H](CO)O2)CC1N1C(=O)c2ccc(O)cc2C1=O. The van der Waals surface area contributed by atoms with E-state index >= 15 is 0 Å². The van der Waals surface area contributed by atoms with Crippen molar-refractivity contribution in [2.45, 2.75) is 30.9 Å². The first-order chi connectivity index (χ1) is 13.3. The van der Waals surface area contributed by atoms with Gasteiger partial charge >= 0.3 is 6.03 Å². The molecule has 4 N–H and O–H groups in total. The summed E-state index contributed by atoms with van der Waals surface area (Å²) in [5, 5.41) is 30.7. The summed E-state index contributed by atoms with van der Waals surface area (Å²) in [6, 6.07) is 1.60. The van der Waals surface area contributed by atoms with E-state index in [0.717, 1.165) is 15.9 Å². The van der Waals surface area contributed by atoms with E-state index in [2.05, 4.69) is 5.32 Å². The number of urea groups is 1. The van der Waals surface area contributed by atoms with Crippen molar-refractivity contribution < 1.29 is 39.2 Å². The van der Waals surface area contributed by atoms with Crippen LogP contribution in [0.2, 0.25) is 0 Å². The number of benzene rings is 1. The molecule has 4 rings (SSSR count). The number of aliphatic hydroxyl groups is 2. The summed E-state index contributed by atoms with van der Waals surface area (Å²) < 4.78 is 5.44. The Morgan fingerprint density at radius 2 is 1.86 bits per heavy atom. The van der Waals surface area contributed by atoms with Crippen molar-refractivity contribution in [2.24, 2.45) is 0 Å². The Morgan fingerprint density at radius 3 is 2.54 bits per heavy atom. The van der Waals surface area contributed by atoms with Crippen LogP contribution in [0.5, 0.6) is 5.75 Å². The number of phenols is 1. The summed E-state index contributed by atoms with van der Waals surface area (Å²) in [4.78, 5) is 51.8. The summed E-state index contributed by atoms with van der Waals surface area (Å²) in [6.45, 7) is -0.769. The van der Waals surface area contributed by atoms with E-state index in [0.29, 0.717) is 0 Å². The van der Waals surface area contributed by atoms with Crippen LogP contribution in [0.15, 0.2) is 18.2 Å². The minimum Gasteiger partial charge on any atom is -0.508 e. The number of phenolic OH excluding ortho intramolecular Hbond substituents is 1. The van der Waals surface area contributed by atoms with Crippen molar-refractivity contribution in [3.8, 4) is 5.75 Å². The summed E-state index contributed by atoms with van der Waals surface area (Å²) >= 11 is 0. The van der Waals surface area contributed by atoms with E-state index in [1.807, 2.05) is 0 Å². The fourth-order valence-electron chi connectivity index (χ4n) is 3.66. The van der Waals surface area contributed by atoms with E-state index < -0.39 is 54.8 Å². The Balaban J connectivity index is 1.60. The highest BCUT2D eigenvalue weighted by Gasteiger charge is 2.49. The van der Waals surface area contributed by atoms with Gasteiger partial charge in [-0.1, -0.05) is 0 Å². The molecule has 0 radical (unpaired) electrons. The van der Waals surface area contributed by atoms with Gasteiger partial charge in [0.25, 0.3) is 17.7 Å². The van der Waals surface area contributed by atoms with E-state index in [1.54, 1.807) is 0 Å². The molecular weight excluding hydrogens is 374 g/mol. The summed E-state index contributed by atoms with van der Waals surface area (Å²) in [7, 11) is 0. The number of hydrogen-bond acceptors (Lipinski definition) is 8. The van der Waals surface area contributed by atoms with Gasteiger partial charge in [0.15, 0.2) is 0 Å². The average Bonchev–Trinajstić information content (AvgIpc) is 3.13. The van der Waals surface area contributed by atoms with E-state index in [4.69, 9.17) is 4.74 Å². The number of aliphatic hydroxyl groups excluding tert-OH is 2. The number of aromatic hydroxyl groups is 1. The lowest BCUT2D eigenvalue weighted by Crippen LogP contribution is -2.65. The van der Waals surface area contributed by atoms with Gasteiger partial charge in [-0.25, -0.2) is 4.79 Å². The summed E-state index contributed by atoms with van der Waals surface area (Å²) in [5.41, 5.74) is 0.0149. The molecule has 1 unspecified atom stereocenters. The van der Waals surface area contributed by atoms with Crippen molar-refractivity contribution in [2.75, 3.05) is 13.2 Å². The first-order valence-electron chi connectivity index (χ1n) is 8.58. The maximum atomic E-state index is 12.7. The van der Waals surface area contributed by atoms with Crippen LogP contribution in [0.4, 0.5) is 4.79 Å². The van der Waals surface area contributed by atoms with Gasteiger partial charge in [-0.15, -0.1) is 0 Å². The monoisotopic (exact) mass is 391 g/mol. The van der Waals surface area contributed by atoms with Crippen molar-refractivity contribution >= 4 is 23.8 Å². The molecule has 5 amide bonds. The van der Waals surface area contributed by atoms with Gasteiger partial charge in [0.2, 0.25) is 0 Å². The Labute approximate surface area is 158 Å². The largest absolute Gasteiger partial charge is 0.508 e. The smallest absolute Gasteiger partial charge is 0.326 e. The molecule has 4 atom stereocenters. The molecule has 0 aliphatic carbocycles. The van der Waals surface area contributed by atoms with Gasteiger partial charge in [0.05, 0.1) is 30.4 Å². The van der Waals surface area contributed by atoms with Crippen LogP contribution in [0.25, 0.3) is 0 Å². The highest BCUT2D eigenvalue weighted by atomic mass is 16.5. The molecule has 1 aromatic carbocycles. The second-order valence-corrected chi connectivity index (χ2v) is 6.79. The Bertz CT molecular complexity index is 887. The molecule has 11 heteroatoms. The third kappa shape index (κ3) is 2.71. The van der Waals surface area contributed by atoms with E-state index in [9.17, 15) is 34.5 Å². The third-order valence-corrected chi connectivity index (χ3v) is 5.11. The second kappa shape index (κ2) is 6.55. The van der Waals surface area contributed by atoms with Crippen LogP contribution in [0.1, 0.15) is 27.1 Å². The number of nitrogens with one attached hydrogen (secondary N) is 1. The van der Waals surface area contributed by atoms with Crippen LogP contribution in [-0.2, 0) is 9.53 Å². The van der Waals surface area contributed by atoms with Gasteiger partial charge in [-0.05, 0) is 18.2 Å². The standard InChI is InChI=1S/C17H17N3O8/c21-6-12-11(23)4-13(28-12)19-5-10(14(24)18-17(19)27)20-15(25)8-2-1-7(22)3-9(8)16(20)26/h1-3,10-13,21-23H,4-6H2,(H,18,24,27)/t10?,11-,12+,13+/m0/s1. The summed E-state index contributed by atoms with van der Waals surface area (Å²) in [6.07, 6.45) is -2.80. The number of carbonyl (C=O) groups is 4. The first-order valence-corrected chi connectivity index (χ1v) is 8.58. The number of carbonyl (C=O) groups excluding carboxylic acids is 4. The zero-order chi connectivity index (χ0) is 20.2. The van der Waals surface area contributed by atoms with E-state index in [1.165, 1.54) is 12.1 Å². The number of hydrogen-bond donors (Lipinski definition) is 4. The van der Waals surface area contributed by atoms with Crippen LogP contribution in [-0.4, -0.2) is 86.5 Å². The Morgan fingerprint density at radius 1 is 1.14 bits per heavy atom. The van der Waals surface area contributed by atoms with Crippen LogP contribution in [0, 0.1) is 0 Å². The molecule has 2 fully saturated rings. The molecule has 28 heavy (non-hydrogen) atoms. The zero-order valence-corrected chi connectivity index (χ0v) is 14.4. The second-order valence-electron chi connectivity index (χ2n) is 6.79. The molecule has 0 bridgehead atoms. The van der Waals surface area contributed by atoms with Crippen LogP contribution >= 0.6 is 0 Å². The Kier molecular flexibility index (Phi) is 4.29. The van der Waals surface area contributed by atoms with Crippen molar-refractivity contribution in [3.05, 3.63) is 29.3 Å². The molecule has 1 aromatic rings. The topological polar surface area (TPSA) is 157 Å². The maximum absolute atomic E-state index is 12.7. The van der Waals surface area contributed by atoms with Crippen LogP contribution in [0.3, 0.4) is 0 Å². The van der Waals surface area contributed by atoms with Gasteiger partial charge in [0, 0.05) is 6.42 Å². The highest BCUT2D eigenvalue weighted by molar-refractivity contribution is 6.23. The molecule has 0 aromatic heterocycles. The number of fused-ring (bicyclic) bond motifs is 1. The first kappa shape index (κ1) is 18.3. The molecule has 3 heterocycles. The molecule has 3 aliphatic heterocycles. The predicted molar refractivity (Wildman–Crippen MR) is 89.0 cm³/mol. The molecular formula is C17H17N3O8. The number of amides is 5. The highest BCUT2D eigenvalue weighted by Crippen LogP contribution is 2.30. The third-order valence-electron chi connectivity index (χ3n) is 5.11. The average molecular weight is 391 g/mol. The normalized spacial score (nSPS) is 30.1. The lowest BCUT2D eigenvalue weighted by atomic mass is 10.1. The zero-order valence-electron chi connectivity index (χ0n) is 14.4. The lowest BCUT2D eigenvalue weighted by molar-refractivity contribution is -0.129. The maximum Gasteiger partial charge on any atom is 0.326 e. The molecule has 0 saturated carbocycles. The number of rotatable bonds is 3. The van der Waals surface area contributed by atoms with Crippen molar-refractivity contribution in [1.29, 1.82) is 0 Å². The molecule has 11 nitrogen and oxygen atoms in total. The van der Waals surface area contributed by atoms with Crippen LogP contribution < -0.4 is 5.32 Å². The summed E-state index contributed by atoms with van der Waals surface area (Å²) in [5.74, 6) is -2.49. The number of imide groups is 2. The lowest BCUT2D eigenvalue weighted by Gasteiger charge is -2.38. The fourth-order valence-corrected chi connectivity index (χ4v) is 3.66. The fraction of sp³-hybridized carbons (Fsp3) is 0.412. The minimum absolute atomic E-state index is 0.00947. The molecule has 2 saturated heterocycles. The van der Waals surface area contributed by atoms with Crippen molar-refractivity contribution in [3.63, 3.8) is 0 Å². The number of nitrogens with zero attached hydrogens (tertiary/aromatic N) is 2. The van der Waals surface area contributed by atoms with Gasteiger partial charge in [0.1, 0.15) is 24.1 Å². The number of ether oxygens (including phenoxy) is 1. The van der Waals surface area contributed by atoms with Gasteiger partial charge in [-0.3, -0.25) is 29.5 Å². The van der Waals surface area contributed by atoms with Gasteiger partial charge < -0.3 is 20.1 Å². The molecule has 148 valence electrons. The van der Waals surface area contributed by atoms with E-state index in [-0.39, 0.29) is 29.8 Å². The van der Waals surface area contributed by atoms with Gasteiger partial charge in [-0.2, -0.15) is 0 Å².